The highest BCUT2D eigenvalue weighted by molar-refractivity contribution is 6.04. The molecule has 154 valence electrons. The fourth-order valence-electron chi connectivity index (χ4n) is 8.28. The molecule has 1 unspecified atom stereocenters. The molecule has 0 aromatic rings. The van der Waals surface area contributed by atoms with Crippen molar-refractivity contribution in [1.29, 1.82) is 0 Å². The van der Waals surface area contributed by atoms with Gasteiger partial charge in [-0.2, -0.15) is 0 Å². The van der Waals surface area contributed by atoms with Gasteiger partial charge in [-0.15, -0.1) is 0 Å². The SMILES string of the molecule is C=C1C(=O)[C@@]23C[C@H]1C[C@H](OC(C)=O)[C@@H]2[C@@]12CCCC(C)(C)[C@@H]1[C@@H](O)C3(O)OC2. The lowest BCUT2D eigenvalue weighted by molar-refractivity contribution is -0.445. The summed E-state index contributed by atoms with van der Waals surface area (Å²) in [5, 5.41) is 23.2. The maximum atomic E-state index is 13.6. The normalized spacial score (nSPS) is 53.5. The number of ketones is 1. The van der Waals surface area contributed by atoms with Crippen LogP contribution in [0, 0.1) is 34.0 Å². The van der Waals surface area contributed by atoms with Gasteiger partial charge in [0.2, 0.25) is 5.79 Å². The molecule has 2 N–H and O–H groups in total. The van der Waals surface area contributed by atoms with E-state index in [9.17, 15) is 19.8 Å². The Morgan fingerprint density at radius 2 is 2.00 bits per heavy atom. The number of aliphatic hydroxyl groups excluding tert-OH is 1. The Labute approximate surface area is 165 Å². The summed E-state index contributed by atoms with van der Waals surface area (Å²) in [6.45, 7) is 9.93. The number of carbonyl (C=O) groups is 2. The molecule has 0 radical (unpaired) electrons. The van der Waals surface area contributed by atoms with Gasteiger partial charge in [-0.25, -0.2) is 0 Å². The second kappa shape index (κ2) is 5.27. The second-order valence-electron chi connectivity index (χ2n) is 10.6. The van der Waals surface area contributed by atoms with Crippen molar-refractivity contribution in [1.82, 2.24) is 0 Å². The minimum atomic E-state index is -1.97. The Kier molecular flexibility index (Phi) is 3.53. The van der Waals surface area contributed by atoms with Crippen LogP contribution in [0.2, 0.25) is 0 Å². The van der Waals surface area contributed by atoms with E-state index in [0.29, 0.717) is 18.4 Å². The van der Waals surface area contributed by atoms with E-state index in [1.54, 1.807) is 0 Å². The summed E-state index contributed by atoms with van der Waals surface area (Å²) in [6, 6.07) is 0. The third kappa shape index (κ3) is 1.81. The molecule has 6 rings (SSSR count). The first kappa shape index (κ1) is 18.8. The molecular formula is C22H30O6. The Bertz CT molecular complexity index is 788. The van der Waals surface area contributed by atoms with E-state index in [1.807, 2.05) is 0 Å². The van der Waals surface area contributed by atoms with Gasteiger partial charge in [-0.3, -0.25) is 9.59 Å². The lowest BCUT2D eigenvalue weighted by Gasteiger charge is -2.73. The molecule has 6 aliphatic rings. The molecule has 2 heterocycles. The fraction of sp³-hybridized carbons (Fsp3) is 0.818. The number of ether oxygens (including phenoxy) is 2. The fourth-order valence-corrected chi connectivity index (χ4v) is 8.28. The molecular weight excluding hydrogens is 360 g/mol. The van der Waals surface area contributed by atoms with Gasteiger partial charge in [-0.05, 0) is 42.6 Å². The lowest BCUT2D eigenvalue weighted by atomic mass is 9.36. The Morgan fingerprint density at radius 1 is 1.29 bits per heavy atom. The number of allylic oxidation sites excluding steroid dienone is 1. The average molecular weight is 390 g/mol. The van der Waals surface area contributed by atoms with Gasteiger partial charge in [0.1, 0.15) is 12.2 Å². The van der Waals surface area contributed by atoms with Crippen LogP contribution in [-0.4, -0.2) is 46.6 Å². The van der Waals surface area contributed by atoms with Crippen LogP contribution in [0.15, 0.2) is 12.2 Å². The van der Waals surface area contributed by atoms with E-state index < -0.39 is 28.8 Å². The Balaban J connectivity index is 1.77. The standard InChI is InChI=1S/C22H30O6/c1-11-13-8-14(28-12(2)23)15-20-7-5-6-19(3,4)16(20)18(25)22(26,27-10-20)21(15,9-13)17(11)24/h13-16,18,25-26H,1,5-10H2,2-4H3/t13-,14+,15-,16+,18-,20+,21-,22?/m1/s1. The number of esters is 1. The van der Waals surface area contributed by atoms with Crippen molar-refractivity contribution < 1.29 is 29.3 Å². The molecule has 0 amide bonds. The van der Waals surface area contributed by atoms with Crippen molar-refractivity contribution in [2.75, 3.05) is 6.61 Å². The number of Topliss-reactive ketones (excluding diaryl/α,β-unsaturated/α-hetero) is 1. The zero-order chi connectivity index (χ0) is 20.3. The topological polar surface area (TPSA) is 93.1 Å². The van der Waals surface area contributed by atoms with Crippen LogP contribution in [0.25, 0.3) is 0 Å². The molecule has 2 saturated heterocycles. The minimum Gasteiger partial charge on any atom is -0.462 e. The summed E-state index contributed by atoms with van der Waals surface area (Å²) < 4.78 is 11.8. The predicted octanol–water partition coefficient (Wildman–Crippen LogP) is 1.98. The molecule has 4 bridgehead atoms. The highest BCUT2D eigenvalue weighted by Gasteiger charge is 2.84. The van der Waals surface area contributed by atoms with Gasteiger partial charge in [0.15, 0.2) is 5.78 Å². The van der Waals surface area contributed by atoms with Gasteiger partial charge in [0.05, 0.1) is 12.0 Å². The van der Waals surface area contributed by atoms with Gasteiger partial charge in [0.25, 0.3) is 0 Å². The first-order chi connectivity index (χ1) is 13.0. The zero-order valence-corrected chi connectivity index (χ0v) is 16.9. The van der Waals surface area contributed by atoms with E-state index in [4.69, 9.17) is 9.47 Å². The van der Waals surface area contributed by atoms with Crippen molar-refractivity contribution in [2.45, 2.75) is 70.9 Å². The van der Waals surface area contributed by atoms with Crippen molar-refractivity contribution in [3.63, 3.8) is 0 Å². The summed E-state index contributed by atoms with van der Waals surface area (Å²) in [4.78, 5) is 25.5. The molecule has 0 aromatic heterocycles. The smallest absolute Gasteiger partial charge is 0.302 e. The highest BCUT2D eigenvalue weighted by Crippen LogP contribution is 2.76. The van der Waals surface area contributed by atoms with Crippen LogP contribution in [0.4, 0.5) is 0 Å². The van der Waals surface area contributed by atoms with Gasteiger partial charge in [-0.1, -0.05) is 26.8 Å². The number of hydrogen-bond donors (Lipinski definition) is 2. The van der Waals surface area contributed by atoms with Crippen LogP contribution >= 0.6 is 0 Å². The molecule has 0 aromatic carbocycles. The molecule has 8 atom stereocenters. The van der Waals surface area contributed by atoms with E-state index in [-0.39, 0.29) is 41.5 Å². The molecule has 6 heteroatoms. The Hall–Kier alpha value is -1.24. The maximum absolute atomic E-state index is 13.6. The average Bonchev–Trinajstić information content (AvgIpc) is 2.78. The van der Waals surface area contributed by atoms with Crippen molar-refractivity contribution in [2.24, 2.45) is 34.0 Å². The zero-order valence-electron chi connectivity index (χ0n) is 16.9. The van der Waals surface area contributed by atoms with Crippen molar-refractivity contribution in [3.05, 3.63) is 12.2 Å². The van der Waals surface area contributed by atoms with E-state index in [1.165, 1.54) is 6.92 Å². The summed E-state index contributed by atoms with van der Waals surface area (Å²) in [5.41, 5.74) is -1.53. The number of aliphatic hydroxyl groups is 2. The number of rotatable bonds is 1. The molecule has 4 saturated carbocycles. The molecule has 6 nitrogen and oxygen atoms in total. The molecule has 2 aliphatic heterocycles. The lowest BCUT2D eigenvalue weighted by Crippen LogP contribution is -2.83. The molecule has 4 aliphatic carbocycles. The minimum absolute atomic E-state index is 0.154. The summed E-state index contributed by atoms with van der Waals surface area (Å²) in [7, 11) is 0. The largest absolute Gasteiger partial charge is 0.462 e. The summed E-state index contributed by atoms with van der Waals surface area (Å²) in [5.74, 6) is -3.29. The third-order valence-electron chi connectivity index (χ3n) is 8.96. The third-order valence-corrected chi connectivity index (χ3v) is 8.96. The Morgan fingerprint density at radius 3 is 2.68 bits per heavy atom. The predicted molar refractivity (Wildman–Crippen MR) is 98.8 cm³/mol. The molecule has 28 heavy (non-hydrogen) atoms. The maximum Gasteiger partial charge on any atom is 0.302 e. The monoisotopic (exact) mass is 390 g/mol. The number of hydrogen-bond acceptors (Lipinski definition) is 6. The van der Waals surface area contributed by atoms with Crippen LogP contribution in [0.5, 0.6) is 0 Å². The van der Waals surface area contributed by atoms with Crippen LogP contribution in [-0.2, 0) is 19.1 Å². The van der Waals surface area contributed by atoms with E-state index in [0.717, 1.165) is 19.3 Å². The highest BCUT2D eigenvalue weighted by atomic mass is 16.6. The number of carbonyl (C=O) groups excluding carboxylic acids is 2. The summed E-state index contributed by atoms with van der Waals surface area (Å²) >= 11 is 0. The van der Waals surface area contributed by atoms with Gasteiger partial charge >= 0.3 is 5.97 Å². The van der Waals surface area contributed by atoms with E-state index >= 15 is 0 Å². The van der Waals surface area contributed by atoms with Crippen LogP contribution in [0.1, 0.15) is 52.9 Å². The second-order valence-corrected chi connectivity index (χ2v) is 10.6. The van der Waals surface area contributed by atoms with Crippen LogP contribution in [0.3, 0.4) is 0 Å². The molecule has 2 spiro atoms. The first-order valence-corrected chi connectivity index (χ1v) is 10.5. The first-order valence-electron chi connectivity index (χ1n) is 10.5. The molecule has 6 fully saturated rings. The summed E-state index contributed by atoms with van der Waals surface area (Å²) in [6.07, 6.45) is 2.03. The van der Waals surface area contributed by atoms with Crippen LogP contribution < -0.4 is 0 Å². The van der Waals surface area contributed by atoms with Gasteiger partial charge < -0.3 is 19.7 Å². The van der Waals surface area contributed by atoms with E-state index in [2.05, 4.69) is 20.4 Å². The van der Waals surface area contributed by atoms with Crippen molar-refractivity contribution >= 4 is 11.8 Å². The van der Waals surface area contributed by atoms with Crippen molar-refractivity contribution in [3.8, 4) is 0 Å². The quantitative estimate of drug-likeness (QED) is 0.525. The van der Waals surface area contributed by atoms with Gasteiger partial charge in [0, 0.05) is 24.2 Å². The number of fused-ring (bicyclic) bond motifs is 2.